The summed E-state index contributed by atoms with van der Waals surface area (Å²) in [5.41, 5.74) is 0. The number of amides is 1. The zero-order valence-electron chi connectivity index (χ0n) is 11.3. The van der Waals surface area contributed by atoms with E-state index >= 15 is 0 Å². The van der Waals surface area contributed by atoms with Crippen LogP contribution in [0.25, 0.3) is 0 Å². The highest BCUT2D eigenvalue weighted by atomic mass is 32.1. The van der Waals surface area contributed by atoms with Gasteiger partial charge in [-0.25, -0.2) is 0 Å². The van der Waals surface area contributed by atoms with E-state index in [0.717, 1.165) is 24.1 Å². The largest absolute Gasteiger partial charge is 0.481 e. The lowest BCUT2D eigenvalue weighted by Crippen LogP contribution is -2.51. The molecule has 1 saturated heterocycles. The second-order valence-electron chi connectivity index (χ2n) is 5.74. The van der Waals surface area contributed by atoms with E-state index in [0.29, 0.717) is 19.4 Å². The van der Waals surface area contributed by atoms with Crippen LogP contribution in [0.5, 0.6) is 0 Å². The fourth-order valence-corrected chi connectivity index (χ4v) is 4.46. The van der Waals surface area contributed by atoms with Gasteiger partial charge in [0.2, 0.25) is 5.91 Å². The molecule has 1 saturated carbocycles. The number of carboxylic acid groups (broad SMARTS) is 1. The lowest BCUT2D eigenvalue weighted by molar-refractivity contribution is -0.150. The highest BCUT2D eigenvalue weighted by Crippen LogP contribution is 2.40. The van der Waals surface area contributed by atoms with E-state index in [4.69, 9.17) is 0 Å². The van der Waals surface area contributed by atoms with Crippen molar-refractivity contribution in [2.24, 2.45) is 11.8 Å². The van der Waals surface area contributed by atoms with Crippen molar-refractivity contribution in [1.29, 1.82) is 0 Å². The first kappa shape index (κ1) is 13.6. The van der Waals surface area contributed by atoms with Gasteiger partial charge >= 0.3 is 5.97 Å². The van der Waals surface area contributed by atoms with Crippen LogP contribution in [0.1, 0.15) is 30.6 Å². The summed E-state index contributed by atoms with van der Waals surface area (Å²) in [7, 11) is 0. The Balaban J connectivity index is 1.71. The third-order valence-corrected chi connectivity index (χ3v) is 5.55. The highest BCUT2D eigenvalue weighted by molar-refractivity contribution is 7.10. The molecule has 1 aliphatic heterocycles. The maximum Gasteiger partial charge on any atom is 0.306 e. The number of likely N-dealkylation sites (tertiary alicyclic amines) is 1. The van der Waals surface area contributed by atoms with Gasteiger partial charge in [0.05, 0.1) is 12.3 Å². The zero-order valence-corrected chi connectivity index (χ0v) is 12.1. The molecule has 3 unspecified atom stereocenters. The van der Waals surface area contributed by atoms with Crippen molar-refractivity contribution in [1.82, 2.24) is 4.90 Å². The number of thiophene rings is 1. The zero-order chi connectivity index (χ0) is 14.1. The van der Waals surface area contributed by atoms with Crippen LogP contribution in [0.2, 0.25) is 0 Å². The molecule has 2 fully saturated rings. The van der Waals surface area contributed by atoms with Crippen LogP contribution in [-0.4, -0.2) is 34.5 Å². The fraction of sp³-hybridized carbons (Fsp3) is 0.600. The number of aliphatic carboxylic acids is 1. The molecule has 0 bridgehead atoms. The first-order valence-corrected chi connectivity index (χ1v) is 8.09. The number of carboxylic acids is 1. The van der Waals surface area contributed by atoms with Crippen molar-refractivity contribution < 1.29 is 14.7 Å². The Hall–Kier alpha value is -1.36. The van der Waals surface area contributed by atoms with Crippen LogP contribution < -0.4 is 0 Å². The predicted molar refractivity (Wildman–Crippen MR) is 76.6 cm³/mol. The van der Waals surface area contributed by atoms with E-state index in [9.17, 15) is 14.7 Å². The number of rotatable bonds is 3. The molecule has 2 aliphatic rings. The quantitative estimate of drug-likeness (QED) is 0.931. The summed E-state index contributed by atoms with van der Waals surface area (Å²) in [5.74, 6) is -0.623. The molecule has 4 nitrogen and oxygen atoms in total. The maximum atomic E-state index is 12.5. The number of carbonyl (C=O) groups excluding carboxylic acids is 1. The Morgan fingerprint density at radius 1 is 1.35 bits per heavy atom. The lowest BCUT2D eigenvalue weighted by Gasteiger charge is -2.41. The predicted octanol–water partition coefficient (Wildman–Crippen LogP) is 2.39. The third kappa shape index (κ3) is 2.46. The molecule has 3 atom stereocenters. The van der Waals surface area contributed by atoms with Crippen LogP contribution in [0.15, 0.2) is 17.5 Å². The molecule has 3 rings (SSSR count). The molecule has 0 aromatic carbocycles. The van der Waals surface area contributed by atoms with Gasteiger partial charge in [0.25, 0.3) is 0 Å². The Labute approximate surface area is 122 Å². The highest BCUT2D eigenvalue weighted by Gasteiger charge is 2.45. The van der Waals surface area contributed by atoms with Gasteiger partial charge in [-0.15, -0.1) is 11.3 Å². The average molecular weight is 293 g/mol. The summed E-state index contributed by atoms with van der Waals surface area (Å²) < 4.78 is 0. The molecule has 0 spiro atoms. The minimum absolute atomic E-state index is 0.150. The minimum Gasteiger partial charge on any atom is -0.481 e. The number of fused-ring (bicyclic) bond motifs is 1. The second kappa shape index (κ2) is 5.56. The summed E-state index contributed by atoms with van der Waals surface area (Å²) in [6.07, 6.45) is 4.02. The van der Waals surface area contributed by atoms with E-state index in [2.05, 4.69) is 0 Å². The lowest BCUT2D eigenvalue weighted by atomic mass is 9.81. The van der Waals surface area contributed by atoms with Crippen molar-refractivity contribution in [3.63, 3.8) is 0 Å². The minimum atomic E-state index is -0.688. The summed E-state index contributed by atoms with van der Waals surface area (Å²) in [5, 5.41) is 11.3. The Morgan fingerprint density at radius 3 is 2.90 bits per heavy atom. The number of hydrogen-bond acceptors (Lipinski definition) is 3. The first-order valence-electron chi connectivity index (χ1n) is 7.21. The molecule has 0 radical (unpaired) electrons. The van der Waals surface area contributed by atoms with Gasteiger partial charge in [-0.2, -0.15) is 0 Å². The molecule has 1 N–H and O–H groups in total. The van der Waals surface area contributed by atoms with Gasteiger partial charge in [-0.05, 0) is 36.6 Å². The molecular weight excluding hydrogens is 274 g/mol. The topological polar surface area (TPSA) is 57.6 Å². The molecule has 20 heavy (non-hydrogen) atoms. The summed E-state index contributed by atoms with van der Waals surface area (Å²) in [6.45, 7) is 0.600. The SMILES string of the molecule is O=C(O)C1CCN(C(=O)Cc2cccs2)C2CCCC12. The van der Waals surface area contributed by atoms with Crippen LogP contribution in [-0.2, 0) is 16.0 Å². The molecule has 1 aliphatic carbocycles. The van der Waals surface area contributed by atoms with Gasteiger partial charge in [-0.3, -0.25) is 9.59 Å². The Bertz CT molecular complexity index is 499. The van der Waals surface area contributed by atoms with E-state index in [-0.39, 0.29) is 23.8 Å². The summed E-state index contributed by atoms with van der Waals surface area (Å²) in [6, 6.07) is 4.10. The number of piperidine rings is 1. The Kier molecular flexibility index (Phi) is 3.78. The number of carbonyl (C=O) groups is 2. The normalized spacial score (nSPS) is 29.2. The fourth-order valence-electron chi connectivity index (χ4n) is 3.76. The van der Waals surface area contributed by atoms with Gasteiger partial charge < -0.3 is 10.0 Å². The molecule has 5 heteroatoms. The molecular formula is C15H19NO3S. The van der Waals surface area contributed by atoms with Crippen LogP contribution in [0.3, 0.4) is 0 Å². The number of hydrogen-bond donors (Lipinski definition) is 1. The first-order chi connectivity index (χ1) is 9.66. The van der Waals surface area contributed by atoms with Gasteiger partial charge in [-0.1, -0.05) is 12.5 Å². The van der Waals surface area contributed by atoms with Gasteiger partial charge in [0, 0.05) is 17.5 Å². The average Bonchev–Trinajstić information content (AvgIpc) is 3.07. The Morgan fingerprint density at radius 2 is 2.20 bits per heavy atom. The van der Waals surface area contributed by atoms with Crippen LogP contribution in [0, 0.1) is 11.8 Å². The van der Waals surface area contributed by atoms with Crippen molar-refractivity contribution in [3.05, 3.63) is 22.4 Å². The summed E-state index contributed by atoms with van der Waals surface area (Å²) >= 11 is 1.60. The maximum absolute atomic E-state index is 12.5. The van der Waals surface area contributed by atoms with Crippen molar-refractivity contribution in [2.75, 3.05) is 6.54 Å². The molecule has 2 heterocycles. The van der Waals surface area contributed by atoms with Crippen molar-refractivity contribution in [3.8, 4) is 0 Å². The van der Waals surface area contributed by atoms with E-state index < -0.39 is 5.97 Å². The third-order valence-electron chi connectivity index (χ3n) is 4.67. The number of nitrogens with zero attached hydrogens (tertiary/aromatic N) is 1. The molecule has 1 amide bonds. The second-order valence-corrected chi connectivity index (χ2v) is 6.77. The molecule has 108 valence electrons. The van der Waals surface area contributed by atoms with Crippen molar-refractivity contribution >= 4 is 23.2 Å². The van der Waals surface area contributed by atoms with Crippen LogP contribution >= 0.6 is 11.3 Å². The monoisotopic (exact) mass is 293 g/mol. The smallest absolute Gasteiger partial charge is 0.306 e. The van der Waals surface area contributed by atoms with Gasteiger partial charge in [0.15, 0.2) is 0 Å². The molecule has 1 aromatic rings. The van der Waals surface area contributed by atoms with E-state index in [1.165, 1.54) is 0 Å². The van der Waals surface area contributed by atoms with Crippen LogP contribution in [0.4, 0.5) is 0 Å². The molecule has 1 aromatic heterocycles. The van der Waals surface area contributed by atoms with Crippen molar-refractivity contribution in [2.45, 2.75) is 38.1 Å². The summed E-state index contributed by atoms with van der Waals surface area (Å²) in [4.78, 5) is 26.8. The van der Waals surface area contributed by atoms with E-state index in [1.807, 2.05) is 22.4 Å². The standard InChI is InChI=1S/C15H19NO3S/c17-14(9-10-3-2-8-20-10)16-7-6-12(15(18)19)11-4-1-5-13(11)16/h2-3,8,11-13H,1,4-7,9H2,(H,18,19). The van der Waals surface area contributed by atoms with E-state index in [1.54, 1.807) is 11.3 Å². The van der Waals surface area contributed by atoms with Gasteiger partial charge in [0.1, 0.15) is 0 Å².